The van der Waals surface area contributed by atoms with Gasteiger partial charge in [0.2, 0.25) is 11.8 Å². The van der Waals surface area contributed by atoms with E-state index >= 15 is 0 Å². The number of fused-ring (bicyclic) bond motifs is 1. The highest BCUT2D eigenvalue weighted by Gasteiger charge is 2.28. The summed E-state index contributed by atoms with van der Waals surface area (Å²) in [5.41, 5.74) is 3.31. The zero-order chi connectivity index (χ0) is 21.6. The molecule has 2 aromatic carbocycles. The first kappa shape index (κ1) is 21.4. The molecule has 0 spiro atoms. The first-order chi connectivity index (χ1) is 15.1. The van der Waals surface area contributed by atoms with Gasteiger partial charge in [-0.3, -0.25) is 14.5 Å². The molecular weight excluding hydrogens is 390 g/mol. The van der Waals surface area contributed by atoms with Gasteiger partial charge in [-0.25, -0.2) is 0 Å². The monoisotopic (exact) mass is 421 g/mol. The summed E-state index contributed by atoms with van der Waals surface area (Å²) in [5, 5.41) is 2.97. The summed E-state index contributed by atoms with van der Waals surface area (Å²) in [6.45, 7) is 6.78. The van der Waals surface area contributed by atoms with Gasteiger partial charge in [0.25, 0.3) is 0 Å². The number of para-hydroxylation sites is 1. The highest BCUT2D eigenvalue weighted by Crippen LogP contribution is 2.27. The van der Waals surface area contributed by atoms with E-state index in [0.717, 1.165) is 49.7 Å². The van der Waals surface area contributed by atoms with Gasteiger partial charge in [0.05, 0.1) is 6.61 Å². The topological polar surface area (TPSA) is 61.9 Å². The molecule has 164 valence electrons. The Labute approximate surface area is 184 Å². The molecule has 2 heterocycles. The number of amides is 2. The molecule has 1 saturated heterocycles. The van der Waals surface area contributed by atoms with Crippen LogP contribution in [0.1, 0.15) is 30.9 Å². The number of anilines is 1. The lowest BCUT2D eigenvalue weighted by atomic mass is 9.89. The van der Waals surface area contributed by atoms with Crippen molar-refractivity contribution in [3.05, 3.63) is 59.7 Å². The molecule has 2 aromatic rings. The molecule has 6 nitrogen and oxygen atoms in total. The van der Waals surface area contributed by atoms with Crippen LogP contribution in [0.5, 0.6) is 5.75 Å². The number of nitrogens with one attached hydrogen (secondary N) is 1. The van der Waals surface area contributed by atoms with Gasteiger partial charge < -0.3 is 15.0 Å². The lowest BCUT2D eigenvalue weighted by molar-refractivity contribution is -0.133. The summed E-state index contributed by atoms with van der Waals surface area (Å²) >= 11 is 0. The molecule has 31 heavy (non-hydrogen) atoms. The van der Waals surface area contributed by atoms with Crippen LogP contribution < -0.4 is 10.1 Å². The van der Waals surface area contributed by atoms with Crippen LogP contribution in [-0.2, 0) is 22.6 Å². The van der Waals surface area contributed by atoms with Crippen LogP contribution >= 0.6 is 0 Å². The number of carbonyl (C=O) groups excluding carboxylic acids is 2. The van der Waals surface area contributed by atoms with Crippen molar-refractivity contribution in [1.82, 2.24) is 9.80 Å². The molecule has 1 N–H and O–H groups in total. The van der Waals surface area contributed by atoms with E-state index in [-0.39, 0.29) is 17.7 Å². The Balaban J connectivity index is 1.21. The Morgan fingerprint density at radius 3 is 2.55 bits per heavy atom. The highest BCUT2D eigenvalue weighted by molar-refractivity contribution is 5.96. The van der Waals surface area contributed by atoms with Crippen molar-refractivity contribution < 1.29 is 14.3 Å². The fourth-order valence-corrected chi connectivity index (χ4v) is 4.37. The third kappa shape index (κ3) is 5.44. The number of carbonyl (C=O) groups is 2. The Bertz CT molecular complexity index is 904. The van der Waals surface area contributed by atoms with Gasteiger partial charge in [0.15, 0.2) is 0 Å². The summed E-state index contributed by atoms with van der Waals surface area (Å²) in [4.78, 5) is 29.4. The van der Waals surface area contributed by atoms with Gasteiger partial charge in [0, 0.05) is 50.7 Å². The third-order valence-corrected chi connectivity index (χ3v) is 6.18. The molecule has 0 bridgehead atoms. The lowest BCUT2D eigenvalue weighted by Gasteiger charge is -2.35. The van der Waals surface area contributed by atoms with Gasteiger partial charge in [0.1, 0.15) is 5.75 Å². The number of hydrogen-bond acceptors (Lipinski definition) is 4. The van der Waals surface area contributed by atoms with E-state index in [1.54, 1.807) is 0 Å². The van der Waals surface area contributed by atoms with Crippen LogP contribution in [0, 0.1) is 5.92 Å². The van der Waals surface area contributed by atoms with Gasteiger partial charge in [-0.2, -0.15) is 0 Å². The van der Waals surface area contributed by atoms with Gasteiger partial charge in [-0.15, -0.1) is 0 Å². The van der Waals surface area contributed by atoms with Crippen LogP contribution in [0.2, 0.25) is 0 Å². The minimum atomic E-state index is -0.125. The Kier molecular flexibility index (Phi) is 6.87. The normalized spacial score (nSPS) is 18.9. The second kappa shape index (κ2) is 9.96. The Morgan fingerprint density at radius 1 is 1.06 bits per heavy atom. The SMILES string of the molecule is CCOc1ccc(CN2CCN(C(=O)CCC3Cc4ccccc4NC3=O)CC2)cc1. The Hall–Kier alpha value is -2.86. The molecular formula is C25H31N3O3. The molecule has 6 heteroatoms. The number of benzene rings is 2. The van der Waals surface area contributed by atoms with E-state index in [0.29, 0.717) is 25.9 Å². The van der Waals surface area contributed by atoms with Crippen molar-refractivity contribution in [3.8, 4) is 5.75 Å². The maximum atomic E-state index is 12.7. The summed E-state index contributed by atoms with van der Waals surface area (Å²) in [6, 6.07) is 16.1. The van der Waals surface area contributed by atoms with E-state index in [2.05, 4.69) is 22.3 Å². The van der Waals surface area contributed by atoms with Crippen molar-refractivity contribution in [2.24, 2.45) is 5.92 Å². The summed E-state index contributed by atoms with van der Waals surface area (Å²) in [6.07, 6.45) is 1.75. The second-order valence-corrected chi connectivity index (χ2v) is 8.32. The van der Waals surface area contributed by atoms with Crippen LogP contribution in [0.25, 0.3) is 0 Å². The van der Waals surface area contributed by atoms with Crippen molar-refractivity contribution >= 4 is 17.5 Å². The van der Waals surface area contributed by atoms with E-state index in [1.165, 1.54) is 5.56 Å². The molecule has 1 atom stereocenters. The maximum absolute atomic E-state index is 12.7. The van der Waals surface area contributed by atoms with Crippen LogP contribution in [-0.4, -0.2) is 54.4 Å². The number of ether oxygens (including phenoxy) is 1. The molecule has 2 aliphatic heterocycles. The van der Waals surface area contributed by atoms with Gasteiger partial charge in [-0.05, 0) is 49.1 Å². The molecule has 0 saturated carbocycles. The van der Waals surface area contributed by atoms with E-state index in [1.807, 2.05) is 48.2 Å². The number of hydrogen-bond donors (Lipinski definition) is 1. The van der Waals surface area contributed by atoms with Crippen molar-refractivity contribution in [2.75, 3.05) is 38.1 Å². The molecule has 0 radical (unpaired) electrons. The van der Waals surface area contributed by atoms with Gasteiger partial charge >= 0.3 is 0 Å². The highest BCUT2D eigenvalue weighted by atomic mass is 16.5. The molecule has 4 rings (SSSR count). The minimum Gasteiger partial charge on any atom is -0.494 e. The first-order valence-corrected chi connectivity index (χ1v) is 11.2. The van der Waals surface area contributed by atoms with E-state index in [4.69, 9.17) is 4.74 Å². The summed E-state index contributed by atoms with van der Waals surface area (Å²) < 4.78 is 5.50. The molecule has 1 unspecified atom stereocenters. The van der Waals surface area contributed by atoms with Crippen molar-refractivity contribution in [1.29, 1.82) is 0 Å². The minimum absolute atomic E-state index is 0.0340. The van der Waals surface area contributed by atoms with Crippen LogP contribution in [0.3, 0.4) is 0 Å². The zero-order valence-electron chi connectivity index (χ0n) is 18.2. The molecule has 2 amide bonds. The Morgan fingerprint density at radius 2 is 1.81 bits per heavy atom. The molecule has 1 fully saturated rings. The predicted molar refractivity (Wildman–Crippen MR) is 121 cm³/mol. The molecule has 0 aliphatic carbocycles. The number of rotatable bonds is 7. The second-order valence-electron chi connectivity index (χ2n) is 8.32. The van der Waals surface area contributed by atoms with Crippen molar-refractivity contribution in [3.63, 3.8) is 0 Å². The fraction of sp³-hybridized carbons (Fsp3) is 0.440. The fourth-order valence-electron chi connectivity index (χ4n) is 4.37. The van der Waals surface area contributed by atoms with Crippen molar-refractivity contribution in [2.45, 2.75) is 32.7 Å². The number of piperazine rings is 1. The maximum Gasteiger partial charge on any atom is 0.227 e. The number of nitrogens with zero attached hydrogens (tertiary/aromatic N) is 2. The lowest BCUT2D eigenvalue weighted by Crippen LogP contribution is -2.48. The van der Waals surface area contributed by atoms with E-state index in [9.17, 15) is 9.59 Å². The van der Waals surface area contributed by atoms with E-state index < -0.39 is 0 Å². The zero-order valence-corrected chi connectivity index (χ0v) is 18.2. The smallest absolute Gasteiger partial charge is 0.227 e. The van der Waals surface area contributed by atoms with Gasteiger partial charge in [-0.1, -0.05) is 30.3 Å². The largest absolute Gasteiger partial charge is 0.494 e. The predicted octanol–water partition coefficient (Wildman–Crippen LogP) is 3.32. The van der Waals surface area contributed by atoms with Crippen LogP contribution in [0.15, 0.2) is 48.5 Å². The summed E-state index contributed by atoms with van der Waals surface area (Å²) in [5.74, 6) is 0.968. The standard InChI is InChI=1S/C25H31N3O3/c1-2-31-22-10-7-19(8-11-22)18-27-13-15-28(16-14-27)24(29)12-9-21-17-20-5-3-4-6-23(20)26-25(21)30/h3-8,10-11,21H,2,9,12-18H2,1H3,(H,26,30). The summed E-state index contributed by atoms with van der Waals surface area (Å²) in [7, 11) is 0. The average Bonchev–Trinajstić information content (AvgIpc) is 2.79. The quantitative estimate of drug-likeness (QED) is 0.745. The molecule has 0 aromatic heterocycles. The average molecular weight is 422 g/mol. The molecule has 2 aliphatic rings. The third-order valence-electron chi connectivity index (χ3n) is 6.18. The van der Waals surface area contributed by atoms with Crippen LogP contribution in [0.4, 0.5) is 5.69 Å². The first-order valence-electron chi connectivity index (χ1n) is 11.2.